The molecule has 6 heteroatoms. The smallest absolute Gasteiger partial charge is 0.273 e. The van der Waals surface area contributed by atoms with E-state index in [1.54, 1.807) is 6.07 Å². The zero-order chi connectivity index (χ0) is 10.8. The minimum atomic E-state index is -0.402. The summed E-state index contributed by atoms with van der Waals surface area (Å²) in [7, 11) is 1.52. The van der Waals surface area contributed by atoms with Gasteiger partial charge in [0.2, 0.25) is 0 Å². The first-order valence-corrected chi connectivity index (χ1v) is 4.52. The van der Waals surface area contributed by atoms with Gasteiger partial charge in [0, 0.05) is 44.3 Å². The molecule has 1 radical (unpaired) electrons. The molecule has 0 aromatic heterocycles. The van der Waals surface area contributed by atoms with Crippen LogP contribution in [0.25, 0.3) is 0 Å². The van der Waals surface area contributed by atoms with Crippen LogP contribution in [0.5, 0.6) is 11.5 Å². The Balaban J connectivity index is 0.00000128. The second kappa shape index (κ2) is 6.91. The van der Waals surface area contributed by atoms with E-state index in [1.807, 2.05) is 6.42 Å². The Morgan fingerprint density at radius 2 is 2.24 bits per heavy atom. The summed E-state index contributed by atoms with van der Waals surface area (Å²) < 4.78 is 10.4. The number of hydrogen-bond donors (Lipinski definition) is 0. The molecule has 0 saturated carbocycles. The Morgan fingerprint density at radius 3 is 2.82 bits per heavy atom. The fourth-order valence-corrected chi connectivity index (χ4v) is 1.63. The number of fused-ring (bicyclic) bond motifs is 1. The number of methoxy groups -OCH3 is 1. The van der Waals surface area contributed by atoms with Gasteiger partial charge < -0.3 is 16.9 Å². The van der Waals surface area contributed by atoms with Crippen LogP contribution in [-0.2, 0) is 39.1 Å². The molecule has 0 unspecified atom stereocenters. The van der Waals surface area contributed by atoms with Gasteiger partial charge in [-0.05, 0) is 12.7 Å². The summed E-state index contributed by atoms with van der Waals surface area (Å²) in [6, 6.07) is 3.00. The molecule has 1 aromatic rings. The van der Waals surface area contributed by atoms with E-state index < -0.39 is 4.92 Å². The van der Waals surface area contributed by atoms with Gasteiger partial charge in [-0.15, -0.1) is 6.42 Å². The average Bonchev–Trinajstić information content (AvgIpc) is 2.27. The van der Waals surface area contributed by atoms with Gasteiger partial charge in [-0.25, -0.2) is 0 Å². The van der Waals surface area contributed by atoms with Gasteiger partial charge in [0.25, 0.3) is 5.69 Å². The summed E-state index contributed by atoms with van der Waals surface area (Å²) in [5.74, 6) is 1.04. The molecule has 5 nitrogen and oxygen atoms in total. The fourth-order valence-electron chi connectivity index (χ4n) is 1.63. The standard InChI is InChI=1S/C10H10NO4.CH3.Y/c1-14-9-5-4-8(11(12)13)7-3-2-6-15-10(7)9;;/h2,4-5H,3,6H2,1H3;1H3;/q2*-1;. The van der Waals surface area contributed by atoms with Crippen LogP contribution in [0.2, 0.25) is 0 Å². The van der Waals surface area contributed by atoms with Crippen molar-refractivity contribution in [2.45, 2.75) is 6.42 Å². The van der Waals surface area contributed by atoms with E-state index >= 15 is 0 Å². The minimum absolute atomic E-state index is 0. The molecule has 17 heavy (non-hydrogen) atoms. The molecule has 0 saturated heterocycles. The minimum Gasteiger partial charge on any atom is -0.522 e. The van der Waals surface area contributed by atoms with Gasteiger partial charge in [0.1, 0.15) is 0 Å². The van der Waals surface area contributed by atoms with Crippen LogP contribution in [-0.4, -0.2) is 18.6 Å². The van der Waals surface area contributed by atoms with Gasteiger partial charge in [-0.3, -0.25) is 16.5 Å². The Morgan fingerprint density at radius 1 is 1.53 bits per heavy atom. The molecule has 0 aliphatic carbocycles. The zero-order valence-corrected chi connectivity index (χ0v) is 12.6. The maximum Gasteiger partial charge on any atom is 0.273 e. The summed E-state index contributed by atoms with van der Waals surface area (Å²) in [6.45, 7) is 0.463. The SMILES string of the molecule is COc1ccc([N+](=O)[O-])c2c1OC[CH-]C2.[CH3-].[Y]. The first-order chi connectivity index (χ1) is 7.24. The number of ether oxygens (including phenoxy) is 2. The molecule has 0 fully saturated rings. The van der Waals surface area contributed by atoms with Crippen LogP contribution in [0.4, 0.5) is 5.69 Å². The number of hydrogen-bond acceptors (Lipinski definition) is 4. The van der Waals surface area contributed by atoms with Crippen molar-refractivity contribution < 1.29 is 47.1 Å². The van der Waals surface area contributed by atoms with E-state index in [-0.39, 0.29) is 45.8 Å². The Kier molecular flexibility index (Phi) is 6.64. The van der Waals surface area contributed by atoms with Crippen LogP contribution in [0.1, 0.15) is 5.56 Å². The van der Waals surface area contributed by atoms with E-state index in [1.165, 1.54) is 13.2 Å². The van der Waals surface area contributed by atoms with Gasteiger partial charge in [-0.1, -0.05) is 0 Å². The van der Waals surface area contributed by atoms with Crippen molar-refractivity contribution in [2.75, 3.05) is 13.7 Å². The molecule has 0 N–H and O–H groups in total. The Labute approximate surface area is 126 Å². The van der Waals surface area contributed by atoms with E-state index in [0.717, 1.165) is 0 Å². The maximum absolute atomic E-state index is 10.8. The van der Waals surface area contributed by atoms with E-state index in [2.05, 4.69) is 0 Å². The molecule has 0 spiro atoms. The number of benzene rings is 1. The van der Waals surface area contributed by atoms with Crippen molar-refractivity contribution in [1.82, 2.24) is 0 Å². The number of nitro groups is 1. The van der Waals surface area contributed by atoms with Gasteiger partial charge in [0.05, 0.1) is 12.0 Å². The molecule has 0 atom stereocenters. The Bertz CT molecular complexity index is 409. The first kappa shape index (κ1) is 16.3. The molecular formula is C11H13NO4Y-2. The quantitative estimate of drug-likeness (QED) is 0.477. The molecule has 1 aliphatic rings. The third-order valence-corrected chi connectivity index (χ3v) is 2.31. The monoisotopic (exact) mass is 312 g/mol. The first-order valence-electron chi connectivity index (χ1n) is 4.52. The summed E-state index contributed by atoms with van der Waals surface area (Å²) in [5, 5.41) is 10.8. The van der Waals surface area contributed by atoms with Crippen molar-refractivity contribution in [3.63, 3.8) is 0 Å². The summed E-state index contributed by atoms with van der Waals surface area (Å²) in [5.41, 5.74) is 0.673. The third kappa shape index (κ3) is 3.16. The summed E-state index contributed by atoms with van der Waals surface area (Å²) >= 11 is 0. The summed E-state index contributed by atoms with van der Waals surface area (Å²) in [6.07, 6.45) is 2.40. The second-order valence-electron chi connectivity index (χ2n) is 3.16. The predicted molar refractivity (Wildman–Crippen MR) is 59.6 cm³/mol. The Hall–Kier alpha value is -0.676. The van der Waals surface area contributed by atoms with Crippen molar-refractivity contribution in [2.24, 2.45) is 0 Å². The molecule has 1 heterocycles. The number of rotatable bonds is 2. The van der Waals surface area contributed by atoms with Crippen molar-refractivity contribution in [3.8, 4) is 11.5 Å². The maximum atomic E-state index is 10.8. The fraction of sp³-hybridized carbons (Fsp3) is 0.273. The van der Waals surface area contributed by atoms with Crippen LogP contribution in [0.15, 0.2) is 12.1 Å². The zero-order valence-electron chi connectivity index (χ0n) is 9.80. The molecule has 0 amide bonds. The largest absolute Gasteiger partial charge is 0.522 e. The summed E-state index contributed by atoms with van der Waals surface area (Å²) in [4.78, 5) is 10.4. The third-order valence-electron chi connectivity index (χ3n) is 2.31. The molecule has 0 bridgehead atoms. The van der Waals surface area contributed by atoms with Crippen molar-refractivity contribution in [3.05, 3.63) is 41.7 Å². The molecule has 1 aliphatic heterocycles. The van der Waals surface area contributed by atoms with Crippen LogP contribution in [0.3, 0.4) is 0 Å². The topological polar surface area (TPSA) is 61.6 Å². The average molecular weight is 312 g/mol. The van der Waals surface area contributed by atoms with Gasteiger partial charge >= 0.3 is 0 Å². The van der Waals surface area contributed by atoms with Crippen LogP contribution in [0, 0.1) is 24.0 Å². The van der Waals surface area contributed by atoms with Crippen LogP contribution >= 0.6 is 0 Å². The normalized spacial score (nSPS) is 12.3. The second-order valence-corrected chi connectivity index (χ2v) is 3.16. The van der Waals surface area contributed by atoms with E-state index in [0.29, 0.717) is 30.1 Å². The van der Waals surface area contributed by atoms with E-state index in [9.17, 15) is 10.1 Å². The van der Waals surface area contributed by atoms with Gasteiger partial charge in [-0.2, -0.15) is 0 Å². The predicted octanol–water partition coefficient (Wildman–Crippen LogP) is 2.19. The number of nitrogens with zero attached hydrogens (tertiary/aromatic N) is 1. The van der Waals surface area contributed by atoms with Crippen LogP contribution < -0.4 is 9.47 Å². The van der Waals surface area contributed by atoms with Gasteiger partial charge in [0.15, 0.2) is 11.5 Å². The van der Waals surface area contributed by atoms with Crippen molar-refractivity contribution in [1.29, 1.82) is 0 Å². The number of nitro benzene ring substituents is 1. The van der Waals surface area contributed by atoms with E-state index in [4.69, 9.17) is 9.47 Å². The molecule has 2 rings (SSSR count). The molecular weight excluding hydrogens is 299 g/mol. The van der Waals surface area contributed by atoms with Crippen molar-refractivity contribution >= 4 is 5.69 Å². The molecule has 91 valence electrons. The molecule has 1 aromatic carbocycles.